The summed E-state index contributed by atoms with van der Waals surface area (Å²) in [6.07, 6.45) is 3.96. The third-order valence-electron chi connectivity index (χ3n) is 3.83. The molecule has 0 unspecified atom stereocenters. The van der Waals surface area contributed by atoms with Crippen LogP contribution in [0.2, 0.25) is 0 Å². The first-order valence-electron chi connectivity index (χ1n) is 6.68. The number of aliphatic hydroxyl groups is 1. The molecule has 102 valence electrons. The number of rotatable bonds is 3. The van der Waals surface area contributed by atoms with Crippen LogP contribution in [-0.4, -0.2) is 40.8 Å². The van der Waals surface area contributed by atoms with Crippen molar-refractivity contribution in [1.82, 2.24) is 9.38 Å². The summed E-state index contributed by atoms with van der Waals surface area (Å²) in [4.78, 5) is 6.83. The molecule has 3 rings (SSSR count). The molecule has 0 spiro atoms. The summed E-state index contributed by atoms with van der Waals surface area (Å²) < 4.78 is 7.35. The fraction of sp³-hybridized carbons (Fsp3) is 0.500. The standard InChI is InChI=1S/C14H19N3O2/c1-16(11-5-8-19-9-6-11)14-12(10-18)17-7-3-2-4-13(17)15-14/h2-4,7,11,18H,5-6,8-10H2,1H3. The molecule has 0 bridgehead atoms. The molecule has 0 amide bonds. The Labute approximate surface area is 112 Å². The van der Waals surface area contributed by atoms with Gasteiger partial charge in [-0.1, -0.05) is 6.07 Å². The van der Waals surface area contributed by atoms with Crippen LogP contribution in [0, 0.1) is 0 Å². The highest BCUT2D eigenvalue weighted by Crippen LogP contribution is 2.25. The Morgan fingerprint density at radius 3 is 2.95 bits per heavy atom. The van der Waals surface area contributed by atoms with Crippen LogP contribution in [-0.2, 0) is 11.3 Å². The summed E-state index contributed by atoms with van der Waals surface area (Å²) in [7, 11) is 2.05. The third-order valence-corrected chi connectivity index (χ3v) is 3.83. The number of aromatic nitrogens is 2. The minimum absolute atomic E-state index is 0.00588. The molecular formula is C14H19N3O2. The molecule has 5 heteroatoms. The van der Waals surface area contributed by atoms with Gasteiger partial charge in [-0.2, -0.15) is 0 Å². The van der Waals surface area contributed by atoms with Gasteiger partial charge in [-0.3, -0.25) is 4.40 Å². The Morgan fingerprint density at radius 1 is 1.42 bits per heavy atom. The SMILES string of the molecule is CN(c1nc2ccccn2c1CO)C1CCOCC1. The number of pyridine rings is 1. The molecule has 1 N–H and O–H groups in total. The van der Waals surface area contributed by atoms with E-state index in [0.717, 1.165) is 43.2 Å². The van der Waals surface area contributed by atoms with Crippen molar-refractivity contribution in [2.75, 3.05) is 25.2 Å². The predicted molar refractivity (Wildman–Crippen MR) is 73.4 cm³/mol. The Bertz CT molecular complexity index is 561. The van der Waals surface area contributed by atoms with Crippen molar-refractivity contribution >= 4 is 11.5 Å². The highest BCUT2D eigenvalue weighted by atomic mass is 16.5. The molecule has 0 radical (unpaired) electrons. The molecule has 5 nitrogen and oxygen atoms in total. The second-order valence-corrected chi connectivity index (χ2v) is 4.92. The van der Waals surface area contributed by atoms with Crippen LogP contribution < -0.4 is 4.90 Å². The third kappa shape index (κ3) is 2.19. The fourth-order valence-corrected chi connectivity index (χ4v) is 2.71. The predicted octanol–water partition coefficient (Wildman–Crippen LogP) is 1.44. The van der Waals surface area contributed by atoms with E-state index >= 15 is 0 Å². The van der Waals surface area contributed by atoms with Gasteiger partial charge >= 0.3 is 0 Å². The van der Waals surface area contributed by atoms with Gasteiger partial charge in [0.1, 0.15) is 5.65 Å². The summed E-state index contributed by atoms with van der Waals surface area (Å²) in [5.41, 5.74) is 1.73. The summed E-state index contributed by atoms with van der Waals surface area (Å²) in [5, 5.41) is 9.64. The molecule has 0 atom stereocenters. The van der Waals surface area contributed by atoms with Crippen LogP contribution in [0.3, 0.4) is 0 Å². The van der Waals surface area contributed by atoms with Crippen LogP contribution in [0.4, 0.5) is 5.82 Å². The zero-order chi connectivity index (χ0) is 13.2. The van der Waals surface area contributed by atoms with Gasteiger partial charge < -0.3 is 14.7 Å². The molecule has 2 aromatic heterocycles. The van der Waals surface area contributed by atoms with Gasteiger partial charge in [-0.05, 0) is 25.0 Å². The normalized spacial score (nSPS) is 16.9. The summed E-state index contributed by atoms with van der Waals surface area (Å²) in [6, 6.07) is 6.30. The van der Waals surface area contributed by atoms with Crippen molar-refractivity contribution in [3.05, 3.63) is 30.1 Å². The lowest BCUT2D eigenvalue weighted by molar-refractivity contribution is 0.0853. The van der Waals surface area contributed by atoms with Crippen molar-refractivity contribution in [3.8, 4) is 0 Å². The maximum atomic E-state index is 9.64. The van der Waals surface area contributed by atoms with E-state index < -0.39 is 0 Å². The number of aliphatic hydroxyl groups excluding tert-OH is 1. The molecule has 1 fully saturated rings. The quantitative estimate of drug-likeness (QED) is 0.908. The molecule has 0 aliphatic carbocycles. The first-order chi connectivity index (χ1) is 9.31. The molecule has 1 aliphatic heterocycles. The lowest BCUT2D eigenvalue weighted by Crippen LogP contribution is -2.37. The number of hydrogen-bond donors (Lipinski definition) is 1. The van der Waals surface area contributed by atoms with Crippen molar-refractivity contribution < 1.29 is 9.84 Å². The summed E-state index contributed by atoms with van der Waals surface area (Å²) in [6.45, 7) is 1.60. The number of ether oxygens (including phenoxy) is 1. The average molecular weight is 261 g/mol. The van der Waals surface area contributed by atoms with Crippen molar-refractivity contribution in [1.29, 1.82) is 0 Å². The average Bonchev–Trinajstić information content (AvgIpc) is 2.85. The molecule has 1 saturated heterocycles. The second-order valence-electron chi connectivity index (χ2n) is 4.92. The number of fused-ring (bicyclic) bond motifs is 1. The van der Waals surface area contributed by atoms with E-state index in [9.17, 15) is 5.11 Å². The maximum absolute atomic E-state index is 9.64. The summed E-state index contributed by atoms with van der Waals surface area (Å²) in [5.74, 6) is 0.876. The van der Waals surface area contributed by atoms with Crippen molar-refractivity contribution in [2.45, 2.75) is 25.5 Å². The highest BCUT2D eigenvalue weighted by Gasteiger charge is 2.23. The minimum atomic E-state index is -0.00588. The van der Waals surface area contributed by atoms with E-state index in [1.807, 2.05) is 28.8 Å². The monoisotopic (exact) mass is 261 g/mol. The Balaban J connectivity index is 1.98. The van der Waals surface area contributed by atoms with E-state index in [-0.39, 0.29) is 6.61 Å². The lowest BCUT2D eigenvalue weighted by atomic mass is 10.1. The number of hydrogen-bond acceptors (Lipinski definition) is 4. The van der Waals surface area contributed by atoms with Crippen LogP contribution in [0.25, 0.3) is 5.65 Å². The molecular weight excluding hydrogens is 242 g/mol. The molecule has 0 saturated carbocycles. The van der Waals surface area contributed by atoms with E-state index in [4.69, 9.17) is 4.74 Å². The van der Waals surface area contributed by atoms with Gasteiger partial charge in [0.05, 0.1) is 12.3 Å². The molecule has 19 heavy (non-hydrogen) atoms. The lowest BCUT2D eigenvalue weighted by Gasteiger charge is -2.31. The van der Waals surface area contributed by atoms with Crippen LogP contribution in [0.1, 0.15) is 18.5 Å². The Kier molecular flexibility index (Phi) is 3.40. The van der Waals surface area contributed by atoms with Gasteiger partial charge in [0.2, 0.25) is 0 Å². The topological polar surface area (TPSA) is 50.0 Å². The Morgan fingerprint density at radius 2 is 2.21 bits per heavy atom. The smallest absolute Gasteiger partial charge is 0.153 e. The zero-order valence-electron chi connectivity index (χ0n) is 11.1. The zero-order valence-corrected chi connectivity index (χ0v) is 11.1. The fourth-order valence-electron chi connectivity index (χ4n) is 2.71. The maximum Gasteiger partial charge on any atom is 0.153 e. The first kappa shape index (κ1) is 12.4. The van der Waals surface area contributed by atoms with Gasteiger partial charge in [-0.15, -0.1) is 0 Å². The summed E-state index contributed by atoms with van der Waals surface area (Å²) >= 11 is 0. The molecule has 2 aromatic rings. The van der Waals surface area contributed by atoms with Crippen LogP contribution in [0.15, 0.2) is 24.4 Å². The number of nitrogens with zero attached hydrogens (tertiary/aromatic N) is 3. The second kappa shape index (κ2) is 5.19. The first-order valence-corrected chi connectivity index (χ1v) is 6.68. The van der Waals surface area contributed by atoms with Gasteiger partial charge in [0, 0.05) is 32.5 Å². The van der Waals surface area contributed by atoms with Crippen LogP contribution >= 0.6 is 0 Å². The van der Waals surface area contributed by atoms with Crippen LogP contribution in [0.5, 0.6) is 0 Å². The van der Waals surface area contributed by atoms with Crippen molar-refractivity contribution in [3.63, 3.8) is 0 Å². The number of imidazole rings is 1. The van der Waals surface area contributed by atoms with E-state index in [1.54, 1.807) is 0 Å². The van der Waals surface area contributed by atoms with E-state index in [1.165, 1.54) is 0 Å². The van der Waals surface area contributed by atoms with E-state index in [2.05, 4.69) is 16.9 Å². The molecule has 3 heterocycles. The van der Waals surface area contributed by atoms with Gasteiger partial charge in [0.15, 0.2) is 5.82 Å². The van der Waals surface area contributed by atoms with E-state index in [0.29, 0.717) is 6.04 Å². The van der Waals surface area contributed by atoms with Gasteiger partial charge in [-0.25, -0.2) is 4.98 Å². The van der Waals surface area contributed by atoms with Crippen molar-refractivity contribution in [2.24, 2.45) is 0 Å². The molecule has 1 aliphatic rings. The highest BCUT2D eigenvalue weighted by molar-refractivity contribution is 5.55. The van der Waals surface area contributed by atoms with Gasteiger partial charge in [0.25, 0.3) is 0 Å². The minimum Gasteiger partial charge on any atom is -0.390 e. The largest absolute Gasteiger partial charge is 0.390 e. The Hall–Kier alpha value is -1.59. The molecule has 0 aromatic carbocycles. The number of anilines is 1.